The highest BCUT2D eigenvalue weighted by atomic mass is 16.5. The molecule has 0 radical (unpaired) electrons. The summed E-state index contributed by atoms with van der Waals surface area (Å²) in [5.41, 5.74) is 0. The van der Waals surface area contributed by atoms with E-state index in [1.807, 2.05) is 0 Å². The summed E-state index contributed by atoms with van der Waals surface area (Å²) in [6.45, 7) is 0.639. The average Bonchev–Trinajstić information content (AvgIpc) is 2.72. The zero-order chi connectivity index (χ0) is 12.4. The molecule has 2 heterocycles. The lowest BCUT2D eigenvalue weighted by molar-refractivity contribution is -0.155. The van der Waals surface area contributed by atoms with E-state index in [1.54, 1.807) is 0 Å². The number of aliphatic hydroxyl groups is 1. The van der Waals surface area contributed by atoms with Gasteiger partial charge in [-0.25, -0.2) is 4.79 Å². The van der Waals surface area contributed by atoms with Gasteiger partial charge in [-0.05, 0) is 19.3 Å². The van der Waals surface area contributed by atoms with Crippen molar-refractivity contribution in [3.63, 3.8) is 0 Å². The van der Waals surface area contributed by atoms with Gasteiger partial charge in [0.2, 0.25) is 0 Å². The highest BCUT2D eigenvalue weighted by Gasteiger charge is 2.41. The quantitative estimate of drug-likeness (QED) is 0.689. The zero-order valence-corrected chi connectivity index (χ0v) is 9.54. The second-order valence-corrected chi connectivity index (χ2v) is 4.59. The number of carbonyl (C=O) groups is 2. The van der Waals surface area contributed by atoms with Crippen LogP contribution in [0.5, 0.6) is 0 Å². The van der Waals surface area contributed by atoms with Gasteiger partial charge in [0.25, 0.3) is 5.91 Å². The molecule has 2 N–H and O–H groups in total. The summed E-state index contributed by atoms with van der Waals surface area (Å²) in [6, 6.07) is -0.914. The number of carboxylic acid groups (broad SMARTS) is 1. The standard InChI is InChI=1S/C11H17NO5/c13-7-5-8(11(15)16)12(6-7)10(14)9-3-1-2-4-17-9/h7-9,13H,1-6H2,(H,15,16)/t7?,8-,9?/m0/s1. The third kappa shape index (κ3) is 2.58. The Morgan fingerprint density at radius 3 is 2.65 bits per heavy atom. The molecule has 2 aliphatic heterocycles. The van der Waals surface area contributed by atoms with Crippen molar-refractivity contribution >= 4 is 11.9 Å². The summed E-state index contributed by atoms with van der Waals surface area (Å²) in [7, 11) is 0. The van der Waals surface area contributed by atoms with Crippen LogP contribution in [0.15, 0.2) is 0 Å². The maximum absolute atomic E-state index is 12.1. The van der Waals surface area contributed by atoms with Gasteiger partial charge < -0.3 is 19.8 Å². The van der Waals surface area contributed by atoms with Crippen LogP contribution in [-0.2, 0) is 14.3 Å². The molecule has 17 heavy (non-hydrogen) atoms. The van der Waals surface area contributed by atoms with Gasteiger partial charge in [-0.1, -0.05) is 0 Å². The minimum Gasteiger partial charge on any atom is -0.480 e. The molecule has 2 unspecified atom stereocenters. The van der Waals surface area contributed by atoms with Crippen LogP contribution in [0.25, 0.3) is 0 Å². The van der Waals surface area contributed by atoms with Crippen molar-refractivity contribution in [1.29, 1.82) is 0 Å². The summed E-state index contributed by atoms with van der Waals surface area (Å²) in [6.07, 6.45) is 1.32. The van der Waals surface area contributed by atoms with E-state index in [1.165, 1.54) is 4.90 Å². The topological polar surface area (TPSA) is 87.1 Å². The van der Waals surface area contributed by atoms with Crippen molar-refractivity contribution < 1.29 is 24.5 Å². The highest BCUT2D eigenvalue weighted by Crippen LogP contribution is 2.23. The van der Waals surface area contributed by atoms with Crippen LogP contribution in [0.4, 0.5) is 0 Å². The number of likely N-dealkylation sites (tertiary alicyclic amines) is 1. The maximum Gasteiger partial charge on any atom is 0.326 e. The molecule has 0 saturated carbocycles. The highest BCUT2D eigenvalue weighted by molar-refractivity contribution is 5.87. The first kappa shape index (κ1) is 12.3. The van der Waals surface area contributed by atoms with Crippen molar-refractivity contribution in [2.45, 2.75) is 43.9 Å². The fraction of sp³-hybridized carbons (Fsp3) is 0.818. The van der Waals surface area contributed by atoms with Gasteiger partial charge in [0.05, 0.1) is 6.10 Å². The van der Waals surface area contributed by atoms with E-state index >= 15 is 0 Å². The number of aliphatic carboxylic acids is 1. The Kier molecular flexibility index (Phi) is 3.63. The van der Waals surface area contributed by atoms with Crippen LogP contribution in [-0.4, -0.2) is 58.4 Å². The van der Waals surface area contributed by atoms with Crippen LogP contribution in [0.1, 0.15) is 25.7 Å². The van der Waals surface area contributed by atoms with Crippen LogP contribution >= 0.6 is 0 Å². The van der Waals surface area contributed by atoms with E-state index in [-0.39, 0.29) is 18.9 Å². The summed E-state index contributed by atoms with van der Waals surface area (Å²) < 4.78 is 5.35. The normalized spacial score (nSPS) is 33.7. The van der Waals surface area contributed by atoms with Crippen molar-refractivity contribution in [2.75, 3.05) is 13.2 Å². The Morgan fingerprint density at radius 2 is 2.06 bits per heavy atom. The Hall–Kier alpha value is -1.14. The largest absolute Gasteiger partial charge is 0.480 e. The van der Waals surface area contributed by atoms with Gasteiger partial charge in [0.15, 0.2) is 0 Å². The molecule has 0 aliphatic carbocycles. The molecule has 2 saturated heterocycles. The molecule has 2 aliphatic rings. The SMILES string of the molecule is O=C(O)[C@@H]1CC(O)CN1C(=O)C1CCCCO1. The molecule has 0 aromatic rings. The van der Waals surface area contributed by atoms with Crippen LogP contribution in [0.3, 0.4) is 0 Å². The van der Waals surface area contributed by atoms with Crippen LogP contribution in [0.2, 0.25) is 0 Å². The lowest BCUT2D eigenvalue weighted by Gasteiger charge is -2.28. The molecule has 3 atom stereocenters. The molecule has 0 spiro atoms. The number of β-amino-alcohol motifs (C(OH)–C–C–N with tert-alkyl or cyclic N) is 1. The first-order valence-electron chi connectivity index (χ1n) is 5.92. The smallest absolute Gasteiger partial charge is 0.326 e. The fourth-order valence-corrected chi connectivity index (χ4v) is 2.41. The number of rotatable bonds is 2. The van der Waals surface area contributed by atoms with Gasteiger partial charge in [-0.15, -0.1) is 0 Å². The minimum atomic E-state index is -1.06. The lowest BCUT2D eigenvalue weighted by atomic mass is 10.1. The molecule has 96 valence electrons. The molecule has 2 fully saturated rings. The van der Waals surface area contributed by atoms with Crippen LogP contribution in [0, 0.1) is 0 Å². The Labute approximate surface area is 99.2 Å². The number of amides is 1. The predicted molar refractivity (Wildman–Crippen MR) is 57.4 cm³/mol. The van der Waals surface area contributed by atoms with E-state index in [0.717, 1.165) is 12.8 Å². The summed E-state index contributed by atoms with van der Waals surface area (Å²) in [5, 5.41) is 18.5. The van der Waals surface area contributed by atoms with Gasteiger partial charge >= 0.3 is 5.97 Å². The first-order chi connectivity index (χ1) is 8.09. The predicted octanol–water partition coefficient (Wildman–Crippen LogP) is -0.398. The number of hydrogen-bond donors (Lipinski definition) is 2. The lowest BCUT2D eigenvalue weighted by Crippen LogP contribution is -2.47. The summed E-state index contributed by atoms with van der Waals surface area (Å²) in [5.74, 6) is -1.36. The Bertz CT molecular complexity index is 313. The number of carboxylic acids is 1. The minimum absolute atomic E-state index is 0.0929. The number of ether oxygens (including phenoxy) is 1. The van der Waals surface area contributed by atoms with Crippen LogP contribution < -0.4 is 0 Å². The van der Waals surface area contributed by atoms with Gasteiger partial charge in [-0.2, -0.15) is 0 Å². The molecule has 0 aromatic carbocycles. The molecule has 6 heteroatoms. The van der Waals surface area contributed by atoms with E-state index in [0.29, 0.717) is 13.0 Å². The van der Waals surface area contributed by atoms with Gasteiger partial charge in [0, 0.05) is 19.6 Å². The third-order valence-corrected chi connectivity index (χ3v) is 3.30. The summed E-state index contributed by atoms with van der Waals surface area (Å²) in [4.78, 5) is 24.3. The third-order valence-electron chi connectivity index (χ3n) is 3.30. The maximum atomic E-state index is 12.1. The van der Waals surface area contributed by atoms with E-state index in [4.69, 9.17) is 9.84 Å². The van der Waals surface area contributed by atoms with Crippen molar-refractivity contribution in [3.8, 4) is 0 Å². The monoisotopic (exact) mass is 243 g/mol. The number of nitrogens with zero attached hydrogens (tertiary/aromatic N) is 1. The molecular weight excluding hydrogens is 226 g/mol. The number of carbonyl (C=O) groups excluding carboxylic acids is 1. The summed E-state index contributed by atoms with van der Waals surface area (Å²) >= 11 is 0. The second kappa shape index (κ2) is 5.01. The van der Waals surface area contributed by atoms with Crippen molar-refractivity contribution in [2.24, 2.45) is 0 Å². The Balaban J connectivity index is 2.04. The number of hydrogen-bond acceptors (Lipinski definition) is 4. The molecule has 6 nitrogen and oxygen atoms in total. The van der Waals surface area contributed by atoms with Gasteiger partial charge in [-0.3, -0.25) is 4.79 Å². The zero-order valence-electron chi connectivity index (χ0n) is 9.54. The number of aliphatic hydroxyl groups excluding tert-OH is 1. The second-order valence-electron chi connectivity index (χ2n) is 4.59. The molecule has 1 amide bonds. The van der Waals surface area contributed by atoms with Crippen molar-refractivity contribution in [3.05, 3.63) is 0 Å². The molecule has 0 aromatic heterocycles. The average molecular weight is 243 g/mol. The Morgan fingerprint density at radius 1 is 1.29 bits per heavy atom. The van der Waals surface area contributed by atoms with E-state index in [9.17, 15) is 14.7 Å². The first-order valence-corrected chi connectivity index (χ1v) is 5.92. The van der Waals surface area contributed by atoms with E-state index < -0.39 is 24.2 Å². The molecule has 0 bridgehead atoms. The van der Waals surface area contributed by atoms with E-state index in [2.05, 4.69) is 0 Å². The van der Waals surface area contributed by atoms with Gasteiger partial charge in [0.1, 0.15) is 12.1 Å². The molecular formula is C11H17NO5. The fourth-order valence-electron chi connectivity index (χ4n) is 2.41. The molecule has 2 rings (SSSR count). The van der Waals surface area contributed by atoms with Crippen molar-refractivity contribution in [1.82, 2.24) is 4.90 Å².